The zero-order valence-corrected chi connectivity index (χ0v) is 18.1. The Kier molecular flexibility index (Phi) is 5.88. The Morgan fingerprint density at radius 2 is 1.60 bits per heavy atom. The van der Waals surface area contributed by atoms with E-state index < -0.39 is 0 Å². The highest BCUT2D eigenvalue weighted by atomic mass is 16.2. The van der Waals surface area contributed by atoms with Gasteiger partial charge in [0.25, 0.3) is 0 Å². The molecule has 4 rings (SSSR count). The average molecular weight is 403 g/mol. The van der Waals surface area contributed by atoms with Crippen LogP contribution in [0.1, 0.15) is 28.9 Å². The van der Waals surface area contributed by atoms with E-state index in [-0.39, 0.29) is 5.91 Å². The molecule has 0 radical (unpaired) electrons. The van der Waals surface area contributed by atoms with E-state index in [0.29, 0.717) is 6.42 Å². The minimum absolute atomic E-state index is 0.241. The van der Waals surface area contributed by atoms with Crippen LogP contribution < -0.4 is 4.90 Å². The summed E-state index contributed by atoms with van der Waals surface area (Å²) in [5.74, 6) is 0.241. The van der Waals surface area contributed by atoms with E-state index in [1.165, 1.54) is 16.8 Å². The van der Waals surface area contributed by atoms with Crippen LogP contribution in [0.25, 0.3) is 5.69 Å². The molecular formula is C25H30N4O. The lowest BCUT2D eigenvalue weighted by molar-refractivity contribution is -0.131. The third-order valence-electron chi connectivity index (χ3n) is 6.03. The second kappa shape index (κ2) is 8.74. The highest BCUT2D eigenvalue weighted by Crippen LogP contribution is 2.21. The molecule has 0 bridgehead atoms. The predicted octanol–water partition coefficient (Wildman–Crippen LogP) is 4.08. The summed E-state index contributed by atoms with van der Waals surface area (Å²) in [5.41, 5.74) is 6.90. The zero-order valence-electron chi connectivity index (χ0n) is 18.1. The second-order valence-corrected chi connectivity index (χ2v) is 8.10. The normalized spacial score (nSPS) is 14.2. The first-order chi connectivity index (χ1) is 14.5. The first-order valence-electron chi connectivity index (χ1n) is 10.7. The molecule has 1 aliphatic rings. The molecule has 5 heteroatoms. The number of piperazine rings is 1. The molecule has 1 amide bonds. The van der Waals surface area contributed by atoms with Crippen molar-refractivity contribution in [1.29, 1.82) is 0 Å². The fourth-order valence-corrected chi connectivity index (χ4v) is 4.29. The molecule has 30 heavy (non-hydrogen) atoms. The summed E-state index contributed by atoms with van der Waals surface area (Å²) in [6, 6.07) is 18.7. The molecule has 2 aromatic carbocycles. The number of aryl methyl sites for hydroxylation is 2. The lowest BCUT2D eigenvalue weighted by atomic mass is 10.1. The number of rotatable bonds is 5. The van der Waals surface area contributed by atoms with Crippen molar-refractivity contribution in [2.45, 2.75) is 33.6 Å². The summed E-state index contributed by atoms with van der Waals surface area (Å²) in [6.07, 6.45) is 1.27. The Morgan fingerprint density at radius 1 is 0.900 bits per heavy atom. The van der Waals surface area contributed by atoms with Crippen LogP contribution in [-0.4, -0.2) is 46.8 Å². The van der Waals surface area contributed by atoms with Crippen molar-refractivity contribution < 1.29 is 4.79 Å². The third kappa shape index (κ3) is 4.25. The fraction of sp³-hybridized carbons (Fsp3) is 0.360. The molecular weight excluding hydrogens is 372 g/mol. The summed E-state index contributed by atoms with van der Waals surface area (Å²) < 4.78 is 1.98. The highest BCUT2D eigenvalue weighted by Gasteiger charge is 2.22. The van der Waals surface area contributed by atoms with E-state index in [9.17, 15) is 4.79 Å². The van der Waals surface area contributed by atoms with Crippen LogP contribution in [0.3, 0.4) is 0 Å². The van der Waals surface area contributed by atoms with Gasteiger partial charge in [-0.25, -0.2) is 4.68 Å². The van der Waals surface area contributed by atoms with Crippen molar-refractivity contribution in [3.05, 3.63) is 77.1 Å². The van der Waals surface area contributed by atoms with E-state index in [0.717, 1.165) is 49.7 Å². The van der Waals surface area contributed by atoms with Gasteiger partial charge in [-0.2, -0.15) is 5.10 Å². The monoisotopic (exact) mass is 402 g/mol. The molecule has 1 fully saturated rings. The summed E-state index contributed by atoms with van der Waals surface area (Å²) >= 11 is 0. The molecule has 5 nitrogen and oxygen atoms in total. The lowest BCUT2D eigenvalue weighted by Crippen LogP contribution is -2.48. The van der Waals surface area contributed by atoms with E-state index in [2.05, 4.69) is 55.1 Å². The van der Waals surface area contributed by atoms with Crippen molar-refractivity contribution in [3.8, 4) is 5.69 Å². The van der Waals surface area contributed by atoms with Gasteiger partial charge in [-0.3, -0.25) is 4.79 Å². The van der Waals surface area contributed by atoms with E-state index >= 15 is 0 Å². The molecule has 0 spiro atoms. The number of amides is 1. The summed E-state index contributed by atoms with van der Waals surface area (Å²) in [7, 11) is 0. The summed E-state index contributed by atoms with van der Waals surface area (Å²) in [6.45, 7) is 9.59. The Bertz CT molecular complexity index is 1020. The van der Waals surface area contributed by atoms with Gasteiger partial charge in [-0.1, -0.05) is 30.3 Å². The van der Waals surface area contributed by atoms with Crippen LogP contribution in [0, 0.1) is 20.8 Å². The van der Waals surface area contributed by atoms with Gasteiger partial charge in [0.15, 0.2) is 0 Å². The molecule has 0 atom stereocenters. The summed E-state index contributed by atoms with van der Waals surface area (Å²) in [5, 5.41) is 4.71. The number of para-hydroxylation sites is 1. The second-order valence-electron chi connectivity index (χ2n) is 8.10. The topological polar surface area (TPSA) is 41.4 Å². The fourth-order valence-electron chi connectivity index (χ4n) is 4.29. The van der Waals surface area contributed by atoms with Crippen LogP contribution in [0.4, 0.5) is 5.69 Å². The average Bonchev–Trinajstić information content (AvgIpc) is 3.06. The van der Waals surface area contributed by atoms with Gasteiger partial charge in [0.2, 0.25) is 5.91 Å². The molecule has 0 aliphatic carbocycles. The standard InChI is InChI=1S/C25H30N4O/c1-19-8-7-11-23(18-19)27-14-16-28(17-15-27)25(30)13-12-24-20(2)26-29(21(24)3)22-9-5-4-6-10-22/h4-11,18H,12-17H2,1-3H3. The van der Waals surface area contributed by atoms with E-state index in [4.69, 9.17) is 5.10 Å². The molecule has 3 aromatic rings. The number of hydrogen-bond acceptors (Lipinski definition) is 3. The van der Waals surface area contributed by atoms with Gasteiger partial charge in [-0.05, 0) is 62.6 Å². The lowest BCUT2D eigenvalue weighted by Gasteiger charge is -2.36. The maximum Gasteiger partial charge on any atom is 0.223 e. The van der Waals surface area contributed by atoms with Crippen LogP contribution in [0.5, 0.6) is 0 Å². The smallest absolute Gasteiger partial charge is 0.223 e. The molecule has 1 saturated heterocycles. The van der Waals surface area contributed by atoms with Gasteiger partial charge < -0.3 is 9.80 Å². The predicted molar refractivity (Wildman–Crippen MR) is 121 cm³/mol. The Balaban J connectivity index is 1.35. The van der Waals surface area contributed by atoms with Gasteiger partial charge in [0.05, 0.1) is 11.4 Å². The Hall–Kier alpha value is -3.08. The zero-order chi connectivity index (χ0) is 21.1. The maximum atomic E-state index is 12.8. The van der Waals surface area contributed by atoms with E-state index in [1.54, 1.807) is 0 Å². The quantitative estimate of drug-likeness (QED) is 0.646. The van der Waals surface area contributed by atoms with Gasteiger partial charge in [0.1, 0.15) is 0 Å². The Labute approximate surface area is 178 Å². The van der Waals surface area contributed by atoms with Gasteiger partial charge >= 0.3 is 0 Å². The minimum atomic E-state index is 0.241. The highest BCUT2D eigenvalue weighted by molar-refractivity contribution is 5.77. The van der Waals surface area contributed by atoms with Crippen LogP contribution in [-0.2, 0) is 11.2 Å². The molecule has 0 unspecified atom stereocenters. The molecule has 156 valence electrons. The van der Waals surface area contributed by atoms with Crippen LogP contribution in [0.15, 0.2) is 54.6 Å². The third-order valence-corrected chi connectivity index (χ3v) is 6.03. The molecule has 1 aliphatic heterocycles. The van der Waals surface area contributed by atoms with Gasteiger partial charge in [-0.15, -0.1) is 0 Å². The summed E-state index contributed by atoms with van der Waals surface area (Å²) in [4.78, 5) is 17.2. The minimum Gasteiger partial charge on any atom is -0.368 e. The molecule has 0 N–H and O–H groups in total. The number of nitrogens with zero attached hydrogens (tertiary/aromatic N) is 4. The Morgan fingerprint density at radius 3 is 2.30 bits per heavy atom. The van der Waals surface area contributed by atoms with Crippen LogP contribution in [0.2, 0.25) is 0 Å². The number of aromatic nitrogens is 2. The van der Waals surface area contributed by atoms with Crippen molar-refractivity contribution in [2.75, 3.05) is 31.1 Å². The molecule has 1 aromatic heterocycles. The number of carbonyl (C=O) groups is 1. The van der Waals surface area contributed by atoms with Crippen molar-refractivity contribution >= 4 is 11.6 Å². The largest absolute Gasteiger partial charge is 0.368 e. The van der Waals surface area contributed by atoms with Crippen LogP contribution >= 0.6 is 0 Å². The number of hydrogen-bond donors (Lipinski definition) is 0. The van der Waals surface area contributed by atoms with Gasteiger partial charge in [0, 0.05) is 44.0 Å². The first kappa shape index (κ1) is 20.2. The van der Waals surface area contributed by atoms with Crippen molar-refractivity contribution in [2.24, 2.45) is 0 Å². The van der Waals surface area contributed by atoms with Crippen molar-refractivity contribution in [3.63, 3.8) is 0 Å². The molecule has 2 heterocycles. The maximum absolute atomic E-state index is 12.8. The molecule has 0 saturated carbocycles. The van der Waals surface area contributed by atoms with E-state index in [1.807, 2.05) is 34.7 Å². The number of carbonyl (C=O) groups excluding carboxylic acids is 1. The first-order valence-corrected chi connectivity index (χ1v) is 10.7. The van der Waals surface area contributed by atoms with Crippen molar-refractivity contribution in [1.82, 2.24) is 14.7 Å². The SMILES string of the molecule is Cc1cccc(N2CCN(C(=O)CCc3c(C)nn(-c4ccccc4)c3C)CC2)c1. The number of anilines is 1. The number of benzene rings is 2.